The van der Waals surface area contributed by atoms with E-state index in [1.807, 2.05) is 0 Å². The van der Waals surface area contributed by atoms with Crippen LogP contribution in [0.15, 0.2) is 59.5 Å². The molecule has 0 spiro atoms. The van der Waals surface area contributed by atoms with Crippen molar-refractivity contribution in [2.45, 2.75) is 12.8 Å². The maximum absolute atomic E-state index is 13.2. The van der Waals surface area contributed by atoms with Crippen LogP contribution in [0.2, 0.25) is 0 Å². The van der Waals surface area contributed by atoms with Gasteiger partial charge in [-0.2, -0.15) is 5.26 Å². The Morgan fingerprint density at radius 1 is 1.06 bits per heavy atom. The van der Waals surface area contributed by atoms with Crippen LogP contribution >= 0.6 is 0 Å². The van der Waals surface area contributed by atoms with Crippen LogP contribution < -0.4 is 19.9 Å². The number of nitrogens with zero attached hydrogens (tertiary/aromatic N) is 1. The summed E-state index contributed by atoms with van der Waals surface area (Å²) in [6.07, 6.45) is 0. The molecule has 8 heteroatoms. The summed E-state index contributed by atoms with van der Waals surface area (Å²) in [6.45, 7) is 1.84. The van der Waals surface area contributed by atoms with Crippen LogP contribution in [0.25, 0.3) is 5.76 Å². The Morgan fingerprint density at radius 2 is 1.72 bits per heavy atom. The minimum absolute atomic E-state index is 0.0665. The summed E-state index contributed by atoms with van der Waals surface area (Å²) in [6, 6.07) is 14.1. The molecule has 2 aromatic rings. The Hall–Kier alpha value is -4.12. The van der Waals surface area contributed by atoms with Crippen molar-refractivity contribution < 1.29 is 28.5 Å². The minimum Gasteiger partial charge on any atom is -0.497 e. The minimum atomic E-state index is -0.894. The lowest BCUT2D eigenvalue weighted by atomic mass is 9.81. The van der Waals surface area contributed by atoms with Gasteiger partial charge in [0.1, 0.15) is 34.7 Å². The molecule has 166 valence electrons. The number of carbonyl (C=O) groups excluding carboxylic acids is 1. The SMILES string of the molecule is CCOC(=O)C1=C(c2ccc(OC)cc2)OC(N)=C(C#N)C1c1cc(OC)ccc1OC. The fourth-order valence-electron chi connectivity index (χ4n) is 3.51. The van der Waals surface area contributed by atoms with Crippen molar-refractivity contribution in [3.63, 3.8) is 0 Å². The van der Waals surface area contributed by atoms with E-state index in [4.69, 9.17) is 29.4 Å². The van der Waals surface area contributed by atoms with Crippen LogP contribution in [0.1, 0.15) is 24.0 Å². The van der Waals surface area contributed by atoms with Crippen LogP contribution in [0.3, 0.4) is 0 Å². The average molecular weight is 436 g/mol. The summed E-state index contributed by atoms with van der Waals surface area (Å²) in [5.74, 6) is 0.170. The van der Waals surface area contributed by atoms with Crippen molar-refractivity contribution in [1.82, 2.24) is 0 Å². The molecule has 1 unspecified atom stereocenters. The third kappa shape index (κ3) is 4.18. The molecule has 3 rings (SSSR count). The molecule has 1 heterocycles. The number of nitrogens with two attached hydrogens (primary N) is 1. The van der Waals surface area contributed by atoms with Crippen LogP contribution in [-0.2, 0) is 14.3 Å². The maximum atomic E-state index is 13.2. The molecule has 1 atom stereocenters. The molecular formula is C24H24N2O6. The fraction of sp³-hybridized carbons (Fsp3) is 0.250. The summed E-state index contributed by atoms with van der Waals surface area (Å²) in [7, 11) is 4.58. The quantitative estimate of drug-likeness (QED) is 0.656. The van der Waals surface area contributed by atoms with Gasteiger partial charge in [0.05, 0.1) is 39.4 Å². The Morgan fingerprint density at radius 3 is 2.28 bits per heavy atom. The second kappa shape index (κ2) is 9.79. The second-order valence-electron chi connectivity index (χ2n) is 6.72. The number of hydrogen-bond donors (Lipinski definition) is 1. The summed E-state index contributed by atoms with van der Waals surface area (Å²) < 4.78 is 27.3. The molecule has 8 nitrogen and oxygen atoms in total. The van der Waals surface area contributed by atoms with Gasteiger partial charge in [-0.15, -0.1) is 0 Å². The van der Waals surface area contributed by atoms with Crippen LogP contribution in [0.4, 0.5) is 0 Å². The molecule has 0 saturated carbocycles. The van der Waals surface area contributed by atoms with E-state index in [0.717, 1.165) is 0 Å². The van der Waals surface area contributed by atoms with Gasteiger partial charge in [0.2, 0.25) is 5.88 Å². The van der Waals surface area contributed by atoms with Gasteiger partial charge < -0.3 is 29.4 Å². The molecule has 2 aromatic carbocycles. The Labute approximate surface area is 186 Å². The van der Waals surface area contributed by atoms with E-state index >= 15 is 0 Å². The molecule has 0 amide bonds. The first kappa shape index (κ1) is 22.6. The fourth-order valence-corrected chi connectivity index (χ4v) is 3.51. The first-order valence-electron chi connectivity index (χ1n) is 9.84. The highest BCUT2D eigenvalue weighted by molar-refractivity contribution is 6.00. The van der Waals surface area contributed by atoms with E-state index in [1.54, 1.807) is 56.5 Å². The van der Waals surface area contributed by atoms with Gasteiger partial charge in [0, 0.05) is 11.1 Å². The lowest BCUT2D eigenvalue weighted by Crippen LogP contribution is -2.26. The van der Waals surface area contributed by atoms with E-state index in [2.05, 4.69) is 6.07 Å². The van der Waals surface area contributed by atoms with Gasteiger partial charge in [-0.1, -0.05) is 0 Å². The molecule has 2 N–H and O–H groups in total. The van der Waals surface area contributed by atoms with Gasteiger partial charge in [-0.3, -0.25) is 0 Å². The van der Waals surface area contributed by atoms with Crippen LogP contribution in [0, 0.1) is 11.3 Å². The summed E-state index contributed by atoms with van der Waals surface area (Å²) >= 11 is 0. The lowest BCUT2D eigenvalue weighted by Gasteiger charge is -2.29. The predicted molar refractivity (Wildman–Crippen MR) is 117 cm³/mol. The Bertz CT molecular complexity index is 1110. The van der Waals surface area contributed by atoms with Gasteiger partial charge >= 0.3 is 5.97 Å². The van der Waals surface area contributed by atoms with Crippen molar-refractivity contribution >= 4 is 11.7 Å². The normalized spacial score (nSPS) is 15.5. The van der Waals surface area contributed by atoms with Crippen LogP contribution in [0.5, 0.6) is 17.2 Å². The smallest absolute Gasteiger partial charge is 0.338 e. The zero-order valence-electron chi connectivity index (χ0n) is 18.3. The van der Waals surface area contributed by atoms with Crippen molar-refractivity contribution in [3.05, 3.63) is 70.6 Å². The third-order valence-electron chi connectivity index (χ3n) is 5.02. The average Bonchev–Trinajstić information content (AvgIpc) is 2.83. The van der Waals surface area contributed by atoms with E-state index < -0.39 is 11.9 Å². The van der Waals surface area contributed by atoms with E-state index in [-0.39, 0.29) is 29.4 Å². The number of rotatable bonds is 7. The Kier molecular flexibility index (Phi) is 6.90. The molecular weight excluding hydrogens is 412 g/mol. The van der Waals surface area contributed by atoms with Gasteiger partial charge in [0.25, 0.3) is 0 Å². The molecule has 32 heavy (non-hydrogen) atoms. The topological polar surface area (TPSA) is 113 Å². The summed E-state index contributed by atoms with van der Waals surface area (Å²) in [4.78, 5) is 13.2. The Balaban J connectivity index is 2.33. The van der Waals surface area contributed by atoms with Crippen molar-refractivity contribution in [3.8, 4) is 23.3 Å². The molecule has 0 aliphatic carbocycles. The van der Waals surface area contributed by atoms with E-state index in [1.165, 1.54) is 14.2 Å². The number of allylic oxidation sites excluding steroid dienone is 1. The largest absolute Gasteiger partial charge is 0.497 e. The van der Waals surface area contributed by atoms with Crippen molar-refractivity contribution in [2.75, 3.05) is 27.9 Å². The number of hydrogen-bond acceptors (Lipinski definition) is 8. The number of nitriles is 1. The summed E-state index contributed by atoms with van der Waals surface area (Å²) in [5, 5.41) is 9.91. The highest BCUT2D eigenvalue weighted by atomic mass is 16.5. The monoisotopic (exact) mass is 436 g/mol. The van der Waals surface area contributed by atoms with Crippen molar-refractivity contribution in [2.24, 2.45) is 5.73 Å². The highest BCUT2D eigenvalue weighted by Gasteiger charge is 2.39. The highest BCUT2D eigenvalue weighted by Crippen LogP contribution is 2.46. The van der Waals surface area contributed by atoms with Gasteiger partial charge in [-0.25, -0.2) is 4.79 Å². The zero-order chi connectivity index (χ0) is 23.3. The molecule has 1 aliphatic heterocycles. The first-order chi connectivity index (χ1) is 15.5. The number of esters is 1. The van der Waals surface area contributed by atoms with E-state index in [0.29, 0.717) is 28.4 Å². The molecule has 0 radical (unpaired) electrons. The maximum Gasteiger partial charge on any atom is 0.338 e. The van der Waals surface area contributed by atoms with Crippen molar-refractivity contribution in [1.29, 1.82) is 5.26 Å². The standard InChI is InChI=1S/C24H24N2O6/c1-5-31-24(27)21-20(17-12-16(29-3)10-11-19(17)30-4)18(13-25)23(26)32-22(21)14-6-8-15(28-2)9-7-14/h6-12,20H,5,26H2,1-4H3. The summed E-state index contributed by atoms with van der Waals surface area (Å²) in [5.41, 5.74) is 7.44. The second-order valence-corrected chi connectivity index (χ2v) is 6.72. The van der Waals surface area contributed by atoms with E-state index in [9.17, 15) is 10.1 Å². The third-order valence-corrected chi connectivity index (χ3v) is 5.02. The molecule has 0 bridgehead atoms. The molecule has 0 aromatic heterocycles. The van der Waals surface area contributed by atoms with Gasteiger partial charge in [0.15, 0.2) is 0 Å². The number of carbonyl (C=O) groups is 1. The first-order valence-corrected chi connectivity index (χ1v) is 9.84. The molecule has 0 saturated heterocycles. The number of ether oxygens (including phenoxy) is 5. The lowest BCUT2D eigenvalue weighted by molar-refractivity contribution is -0.138. The predicted octanol–water partition coefficient (Wildman–Crippen LogP) is 3.49. The number of methoxy groups -OCH3 is 3. The number of benzene rings is 2. The molecule has 0 fully saturated rings. The zero-order valence-corrected chi connectivity index (χ0v) is 18.3. The van der Waals surface area contributed by atoms with Crippen LogP contribution in [-0.4, -0.2) is 33.9 Å². The van der Waals surface area contributed by atoms with Gasteiger partial charge in [-0.05, 0) is 49.4 Å². The molecule has 1 aliphatic rings.